The van der Waals surface area contributed by atoms with Crippen LogP contribution in [0.15, 0.2) is 0 Å². The molecule has 80 valence electrons. The van der Waals surface area contributed by atoms with E-state index in [-0.39, 0.29) is 5.75 Å². The van der Waals surface area contributed by atoms with E-state index in [1.807, 2.05) is 0 Å². The summed E-state index contributed by atoms with van der Waals surface area (Å²) in [5.41, 5.74) is 0.457. The van der Waals surface area contributed by atoms with Gasteiger partial charge in [-0.2, -0.15) is 0 Å². The highest BCUT2D eigenvalue weighted by atomic mass is 32.2. The summed E-state index contributed by atoms with van der Waals surface area (Å²) in [7, 11) is 0. The normalized spacial score (nSPS) is 35.9. The number of carbonyl (C=O) groups is 1. The van der Waals surface area contributed by atoms with Gasteiger partial charge in [-0.3, -0.25) is 4.79 Å². The zero-order valence-corrected chi connectivity index (χ0v) is 9.18. The molecule has 0 aromatic heterocycles. The van der Waals surface area contributed by atoms with Crippen LogP contribution in [0.4, 0.5) is 0 Å². The summed E-state index contributed by atoms with van der Waals surface area (Å²) in [6.07, 6.45) is 3.88. The summed E-state index contributed by atoms with van der Waals surface area (Å²) >= 11 is 1.59. The van der Waals surface area contributed by atoms with Crippen LogP contribution in [-0.4, -0.2) is 47.1 Å². The second kappa shape index (κ2) is 4.11. The summed E-state index contributed by atoms with van der Waals surface area (Å²) in [5.74, 6) is 0.620. The second-order valence-corrected chi connectivity index (χ2v) is 5.50. The van der Waals surface area contributed by atoms with E-state index >= 15 is 0 Å². The van der Waals surface area contributed by atoms with Gasteiger partial charge in [0.25, 0.3) is 0 Å². The smallest absolute Gasteiger partial charge is 0.313 e. The maximum atomic E-state index is 10.4. The third-order valence-corrected chi connectivity index (χ3v) is 4.60. The van der Waals surface area contributed by atoms with E-state index in [0.29, 0.717) is 5.41 Å². The van der Waals surface area contributed by atoms with Crippen molar-refractivity contribution >= 4 is 17.7 Å². The molecule has 0 amide bonds. The van der Waals surface area contributed by atoms with E-state index < -0.39 is 5.97 Å². The predicted molar refractivity (Wildman–Crippen MR) is 57.7 cm³/mol. The lowest BCUT2D eigenvalue weighted by atomic mass is 9.83. The molecule has 3 nitrogen and oxygen atoms in total. The van der Waals surface area contributed by atoms with E-state index in [9.17, 15) is 4.79 Å². The minimum absolute atomic E-state index is 0.266. The molecule has 2 atom stereocenters. The Morgan fingerprint density at radius 2 is 2.29 bits per heavy atom. The number of carboxylic acid groups (broad SMARTS) is 1. The van der Waals surface area contributed by atoms with Crippen molar-refractivity contribution in [2.24, 2.45) is 5.41 Å². The van der Waals surface area contributed by atoms with Crippen LogP contribution in [0.2, 0.25) is 0 Å². The van der Waals surface area contributed by atoms with Crippen LogP contribution in [-0.2, 0) is 4.79 Å². The van der Waals surface area contributed by atoms with Gasteiger partial charge >= 0.3 is 5.97 Å². The SMILES string of the molecule is O=C(O)CSCC12CCCN(CC1)C2. The molecule has 0 radical (unpaired) electrons. The number of rotatable bonds is 4. The van der Waals surface area contributed by atoms with Gasteiger partial charge in [-0.15, -0.1) is 11.8 Å². The van der Waals surface area contributed by atoms with Gasteiger partial charge in [0.1, 0.15) is 0 Å². The molecule has 1 N–H and O–H groups in total. The molecule has 0 aliphatic carbocycles. The van der Waals surface area contributed by atoms with Gasteiger partial charge in [-0.1, -0.05) is 0 Å². The molecule has 2 saturated heterocycles. The fourth-order valence-electron chi connectivity index (χ4n) is 2.65. The van der Waals surface area contributed by atoms with Gasteiger partial charge in [0, 0.05) is 12.3 Å². The predicted octanol–water partition coefficient (Wildman–Crippen LogP) is 1.29. The topological polar surface area (TPSA) is 40.5 Å². The largest absolute Gasteiger partial charge is 0.481 e. The van der Waals surface area contributed by atoms with Crippen molar-refractivity contribution in [2.75, 3.05) is 31.1 Å². The third kappa shape index (κ3) is 2.23. The van der Waals surface area contributed by atoms with Crippen LogP contribution < -0.4 is 0 Å². The summed E-state index contributed by atoms with van der Waals surface area (Å²) < 4.78 is 0. The first-order chi connectivity index (χ1) is 6.70. The number of piperidine rings is 1. The van der Waals surface area contributed by atoms with Crippen LogP contribution in [0.3, 0.4) is 0 Å². The molecular formula is C10H17NO2S. The quantitative estimate of drug-likeness (QED) is 0.767. The standard InChI is InChI=1S/C10H17NO2S/c12-9(13)6-14-8-10-2-1-4-11(7-10)5-3-10/h1-8H2,(H,12,13). The fraction of sp³-hybridized carbons (Fsp3) is 0.900. The lowest BCUT2D eigenvalue weighted by Gasteiger charge is -2.33. The van der Waals surface area contributed by atoms with Gasteiger partial charge in [-0.25, -0.2) is 0 Å². The number of thioether (sulfide) groups is 1. The molecule has 0 saturated carbocycles. The zero-order chi connectivity index (χ0) is 10.0. The van der Waals surface area contributed by atoms with Gasteiger partial charge in [-0.05, 0) is 37.8 Å². The molecule has 2 bridgehead atoms. The highest BCUT2D eigenvalue weighted by Crippen LogP contribution is 2.41. The van der Waals surface area contributed by atoms with Crippen LogP contribution in [0.1, 0.15) is 19.3 Å². The molecule has 2 heterocycles. The van der Waals surface area contributed by atoms with Gasteiger partial charge < -0.3 is 10.0 Å². The van der Waals surface area contributed by atoms with Crippen molar-refractivity contribution < 1.29 is 9.90 Å². The lowest BCUT2D eigenvalue weighted by molar-refractivity contribution is -0.133. The minimum atomic E-state index is -0.683. The Morgan fingerprint density at radius 1 is 1.43 bits per heavy atom. The molecule has 2 aliphatic rings. The Bertz CT molecular complexity index is 230. The van der Waals surface area contributed by atoms with E-state index in [1.165, 1.54) is 38.9 Å². The van der Waals surface area contributed by atoms with Crippen LogP contribution in [0.25, 0.3) is 0 Å². The Morgan fingerprint density at radius 3 is 3.07 bits per heavy atom. The Kier molecular flexibility index (Phi) is 3.02. The average Bonchev–Trinajstić information content (AvgIpc) is 2.42. The van der Waals surface area contributed by atoms with Crippen molar-refractivity contribution in [3.8, 4) is 0 Å². The van der Waals surface area contributed by atoms with Crippen molar-refractivity contribution in [3.63, 3.8) is 0 Å². The maximum Gasteiger partial charge on any atom is 0.313 e. The number of hydrogen-bond acceptors (Lipinski definition) is 3. The molecule has 14 heavy (non-hydrogen) atoms. The number of nitrogens with zero attached hydrogens (tertiary/aromatic N) is 1. The maximum absolute atomic E-state index is 10.4. The molecule has 0 aromatic carbocycles. The molecule has 0 spiro atoms. The van der Waals surface area contributed by atoms with Crippen molar-refractivity contribution in [1.82, 2.24) is 4.90 Å². The molecule has 2 rings (SSSR count). The van der Waals surface area contributed by atoms with Crippen LogP contribution >= 0.6 is 11.8 Å². The number of hydrogen-bond donors (Lipinski definition) is 1. The van der Waals surface area contributed by atoms with Gasteiger partial charge in [0.15, 0.2) is 0 Å². The number of fused-ring (bicyclic) bond motifs is 2. The van der Waals surface area contributed by atoms with E-state index in [0.717, 1.165) is 5.75 Å². The second-order valence-electron chi connectivity index (χ2n) is 4.52. The highest BCUT2D eigenvalue weighted by Gasteiger charge is 2.40. The minimum Gasteiger partial charge on any atom is -0.481 e. The third-order valence-electron chi connectivity index (χ3n) is 3.33. The molecular weight excluding hydrogens is 198 g/mol. The first kappa shape index (κ1) is 10.3. The number of aliphatic carboxylic acids is 1. The van der Waals surface area contributed by atoms with Crippen LogP contribution in [0.5, 0.6) is 0 Å². The Hall–Kier alpha value is -0.220. The lowest BCUT2D eigenvalue weighted by Crippen LogP contribution is -2.35. The Labute approximate surface area is 88.9 Å². The van der Waals surface area contributed by atoms with Gasteiger partial charge in [0.05, 0.1) is 5.75 Å². The Balaban J connectivity index is 1.81. The van der Waals surface area contributed by atoms with Crippen molar-refractivity contribution in [3.05, 3.63) is 0 Å². The van der Waals surface area contributed by atoms with E-state index in [2.05, 4.69) is 4.90 Å². The zero-order valence-electron chi connectivity index (χ0n) is 8.37. The summed E-state index contributed by atoms with van der Waals surface area (Å²) in [4.78, 5) is 12.9. The van der Waals surface area contributed by atoms with Crippen molar-refractivity contribution in [1.29, 1.82) is 0 Å². The summed E-state index contributed by atoms with van der Waals surface area (Å²) in [5, 5.41) is 8.58. The van der Waals surface area contributed by atoms with Crippen LogP contribution in [0, 0.1) is 5.41 Å². The summed E-state index contributed by atoms with van der Waals surface area (Å²) in [6, 6.07) is 0. The first-order valence-corrected chi connectivity index (χ1v) is 6.38. The van der Waals surface area contributed by atoms with Gasteiger partial charge in [0.2, 0.25) is 0 Å². The molecule has 2 unspecified atom stereocenters. The molecule has 0 aromatic rings. The van der Waals surface area contributed by atoms with E-state index in [1.54, 1.807) is 11.8 Å². The molecule has 2 fully saturated rings. The monoisotopic (exact) mass is 215 g/mol. The molecule has 4 heteroatoms. The first-order valence-electron chi connectivity index (χ1n) is 5.22. The fourth-order valence-corrected chi connectivity index (χ4v) is 3.73. The average molecular weight is 215 g/mol. The van der Waals surface area contributed by atoms with Crippen molar-refractivity contribution in [2.45, 2.75) is 19.3 Å². The molecule has 2 aliphatic heterocycles. The highest BCUT2D eigenvalue weighted by molar-refractivity contribution is 7.99. The number of carboxylic acids is 1. The van der Waals surface area contributed by atoms with E-state index in [4.69, 9.17) is 5.11 Å². The summed E-state index contributed by atoms with van der Waals surface area (Å²) in [6.45, 7) is 3.69.